The Balaban J connectivity index is 1.27. The van der Waals surface area contributed by atoms with Gasteiger partial charge in [-0.2, -0.15) is 9.65 Å². The summed E-state index contributed by atoms with van der Waals surface area (Å²) in [4.78, 5) is 0. The lowest BCUT2D eigenvalue weighted by Gasteiger charge is -2.32. The highest BCUT2D eigenvalue weighted by Crippen LogP contribution is 2.36. The van der Waals surface area contributed by atoms with Gasteiger partial charge in [-0.25, -0.2) is 0 Å². The van der Waals surface area contributed by atoms with E-state index in [2.05, 4.69) is 31.2 Å². The Morgan fingerprint density at radius 3 is 2.39 bits per heavy atom. The number of nitrogens with zero attached hydrogens (tertiary/aromatic N) is 1. The molecule has 0 atom stereocenters. The van der Waals surface area contributed by atoms with Crippen LogP contribution in [0.1, 0.15) is 101 Å². The van der Waals surface area contributed by atoms with Gasteiger partial charge in [0, 0.05) is 6.61 Å². The zero-order valence-corrected chi connectivity index (χ0v) is 20.5. The van der Waals surface area contributed by atoms with Gasteiger partial charge in [0.25, 0.3) is 0 Å². The maximum absolute atomic E-state index is 12.7. The maximum atomic E-state index is 12.7. The Labute approximate surface area is 200 Å². The first-order valence-electron chi connectivity index (χ1n) is 13.3. The van der Waals surface area contributed by atoms with Crippen LogP contribution in [0.3, 0.4) is 0 Å². The molecule has 0 amide bonds. The van der Waals surface area contributed by atoms with Crippen LogP contribution in [0.25, 0.3) is 0 Å². The monoisotopic (exact) mass is 451 g/mol. The lowest BCUT2D eigenvalue weighted by molar-refractivity contribution is -0.00474. The van der Waals surface area contributed by atoms with Crippen molar-refractivity contribution < 1.29 is 9.13 Å². The van der Waals surface area contributed by atoms with E-state index in [9.17, 15) is 4.39 Å². The first-order chi connectivity index (χ1) is 16.2. The molecule has 2 saturated carbocycles. The molecule has 3 rings (SSSR count). The van der Waals surface area contributed by atoms with Gasteiger partial charge in [-0.3, -0.25) is 0 Å². The first-order valence-corrected chi connectivity index (χ1v) is 13.3. The van der Waals surface area contributed by atoms with Crippen LogP contribution < -0.4 is 0 Å². The smallest absolute Gasteiger partial charge is 0.199 e. The van der Waals surface area contributed by atoms with E-state index in [0.29, 0.717) is 12.0 Å². The molecule has 2 fully saturated rings. The number of rotatable bonds is 11. The summed E-state index contributed by atoms with van der Waals surface area (Å²) in [7, 11) is 0. The highest BCUT2D eigenvalue weighted by atomic mass is 19.1. The number of ether oxygens (including phenoxy) is 1. The molecule has 0 N–H and O–H groups in total. The van der Waals surface area contributed by atoms with Crippen molar-refractivity contribution in [2.45, 2.75) is 102 Å². The summed E-state index contributed by atoms with van der Waals surface area (Å²) in [5, 5.41) is 8.40. The molecule has 0 aromatic heterocycles. The minimum atomic E-state index is -0.725. The van der Waals surface area contributed by atoms with Crippen molar-refractivity contribution in [3.05, 3.63) is 59.4 Å². The molecule has 0 saturated heterocycles. The summed E-state index contributed by atoms with van der Waals surface area (Å²) >= 11 is 0. The standard InChI is InChI=1S/C30H42FNO/c1-2-3-7-24-14-16-27(17-15-24)28-18-20-30(21-19-28)33-23-26-12-10-25(11-13-26)8-5-4-6-9-29(31)22-32/h4,6,9,14-17,25-26,28,30H,2-3,5,7-8,10-13,18-21,23H2,1H3/b6-4+,29-9-. The lowest BCUT2D eigenvalue weighted by Crippen LogP contribution is -2.25. The number of unbranched alkanes of at least 4 members (excludes halogenated alkanes) is 1. The molecule has 33 heavy (non-hydrogen) atoms. The topological polar surface area (TPSA) is 33.0 Å². The highest BCUT2D eigenvalue weighted by Gasteiger charge is 2.25. The highest BCUT2D eigenvalue weighted by molar-refractivity contribution is 5.26. The summed E-state index contributed by atoms with van der Waals surface area (Å²) in [6.45, 7) is 3.19. The van der Waals surface area contributed by atoms with E-state index in [0.717, 1.165) is 31.3 Å². The van der Waals surface area contributed by atoms with Gasteiger partial charge in [0.2, 0.25) is 0 Å². The molecule has 2 aliphatic carbocycles. The maximum Gasteiger partial charge on any atom is 0.199 e. The Hall–Kier alpha value is -1.92. The number of aryl methyl sites for hydroxylation is 1. The second kappa shape index (κ2) is 14.4. The van der Waals surface area contributed by atoms with Crippen molar-refractivity contribution >= 4 is 0 Å². The average molecular weight is 452 g/mol. The molecule has 0 aliphatic heterocycles. The van der Waals surface area contributed by atoms with Gasteiger partial charge < -0.3 is 4.74 Å². The quantitative estimate of drug-likeness (QED) is 0.249. The molecule has 1 aromatic rings. The van der Waals surface area contributed by atoms with Gasteiger partial charge >= 0.3 is 0 Å². The molecular formula is C30H42FNO. The van der Waals surface area contributed by atoms with Crippen molar-refractivity contribution in [3.8, 4) is 6.07 Å². The van der Waals surface area contributed by atoms with Crippen LogP contribution >= 0.6 is 0 Å². The van der Waals surface area contributed by atoms with Gasteiger partial charge in [-0.1, -0.05) is 62.6 Å². The summed E-state index contributed by atoms with van der Waals surface area (Å²) in [6.07, 6.45) is 21.2. The summed E-state index contributed by atoms with van der Waals surface area (Å²) < 4.78 is 19.1. The molecule has 180 valence electrons. The van der Waals surface area contributed by atoms with Crippen molar-refractivity contribution in [1.29, 1.82) is 5.26 Å². The fraction of sp³-hybridized carbons (Fsp3) is 0.633. The predicted molar refractivity (Wildman–Crippen MR) is 135 cm³/mol. The molecule has 0 bridgehead atoms. The fourth-order valence-electron chi connectivity index (χ4n) is 5.48. The third-order valence-electron chi connectivity index (χ3n) is 7.71. The molecular weight excluding hydrogens is 409 g/mol. The normalized spacial score (nSPS) is 26.4. The predicted octanol–water partition coefficient (Wildman–Crippen LogP) is 8.59. The molecule has 2 nitrogen and oxygen atoms in total. The number of hydrogen-bond donors (Lipinski definition) is 0. The Morgan fingerprint density at radius 1 is 1.03 bits per heavy atom. The third-order valence-corrected chi connectivity index (χ3v) is 7.71. The number of allylic oxidation sites excluding steroid dienone is 4. The fourth-order valence-corrected chi connectivity index (χ4v) is 5.48. The number of halogens is 1. The second-order valence-corrected chi connectivity index (χ2v) is 10.2. The summed E-state index contributed by atoms with van der Waals surface area (Å²) in [5.41, 5.74) is 3.00. The second-order valence-electron chi connectivity index (χ2n) is 10.2. The van der Waals surface area contributed by atoms with Gasteiger partial charge in [-0.15, -0.1) is 0 Å². The van der Waals surface area contributed by atoms with Crippen LogP contribution in [0.5, 0.6) is 0 Å². The van der Waals surface area contributed by atoms with Gasteiger partial charge in [0.15, 0.2) is 5.83 Å². The van der Waals surface area contributed by atoms with Crippen molar-refractivity contribution in [1.82, 2.24) is 0 Å². The molecule has 3 heteroatoms. The first kappa shape index (κ1) is 25.7. The zero-order valence-electron chi connectivity index (χ0n) is 20.5. The van der Waals surface area contributed by atoms with Crippen LogP contribution in [0.2, 0.25) is 0 Å². The SMILES string of the molecule is CCCCc1ccc(C2CCC(OCC3CCC(CC/C=C/C=C(\F)C#N)CC3)CC2)cc1. The van der Waals surface area contributed by atoms with Crippen LogP contribution in [0.15, 0.2) is 48.3 Å². The number of nitriles is 1. The van der Waals surface area contributed by atoms with Crippen LogP contribution in [0.4, 0.5) is 4.39 Å². The van der Waals surface area contributed by atoms with Crippen molar-refractivity contribution in [2.75, 3.05) is 6.61 Å². The van der Waals surface area contributed by atoms with E-state index in [-0.39, 0.29) is 0 Å². The minimum Gasteiger partial charge on any atom is -0.378 e. The van der Waals surface area contributed by atoms with E-state index in [1.54, 1.807) is 6.08 Å². The molecule has 0 heterocycles. The van der Waals surface area contributed by atoms with Crippen LogP contribution in [-0.2, 0) is 11.2 Å². The number of benzene rings is 1. The largest absolute Gasteiger partial charge is 0.378 e. The summed E-state index contributed by atoms with van der Waals surface area (Å²) in [5.74, 6) is 1.48. The van der Waals surface area contributed by atoms with E-state index in [4.69, 9.17) is 10.00 Å². The van der Waals surface area contributed by atoms with Gasteiger partial charge in [-0.05, 0) is 99.2 Å². The zero-order chi connectivity index (χ0) is 23.3. The molecule has 0 radical (unpaired) electrons. The summed E-state index contributed by atoms with van der Waals surface area (Å²) in [6, 6.07) is 10.9. The Kier molecular flexibility index (Phi) is 11.2. The van der Waals surface area contributed by atoms with E-state index in [1.807, 2.05) is 6.08 Å². The lowest BCUT2D eigenvalue weighted by atomic mass is 9.80. The van der Waals surface area contributed by atoms with E-state index in [1.165, 1.54) is 93.9 Å². The van der Waals surface area contributed by atoms with E-state index >= 15 is 0 Å². The van der Waals surface area contributed by atoms with E-state index < -0.39 is 5.83 Å². The molecule has 2 aliphatic rings. The van der Waals surface area contributed by atoms with Gasteiger partial charge in [0.1, 0.15) is 6.07 Å². The van der Waals surface area contributed by atoms with Crippen LogP contribution in [0, 0.1) is 23.2 Å². The minimum absolute atomic E-state index is 0.454. The molecule has 1 aromatic carbocycles. The number of hydrogen-bond acceptors (Lipinski definition) is 2. The Morgan fingerprint density at radius 2 is 1.73 bits per heavy atom. The molecule has 0 spiro atoms. The van der Waals surface area contributed by atoms with Crippen molar-refractivity contribution in [2.24, 2.45) is 11.8 Å². The molecule has 0 unspecified atom stereocenters. The van der Waals surface area contributed by atoms with Crippen molar-refractivity contribution in [3.63, 3.8) is 0 Å². The third kappa shape index (κ3) is 9.09. The van der Waals surface area contributed by atoms with Gasteiger partial charge in [0.05, 0.1) is 6.10 Å². The van der Waals surface area contributed by atoms with Crippen LogP contribution in [-0.4, -0.2) is 12.7 Å². The Bertz CT molecular complexity index is 775. The average Bonchev–Trinajstić information content (AvgIpc) is 2.87.